The summed E-state index contributed by atoms with van der Waals surface area (Å²) in [6.45, 7) is 5.52. The maximum Gasteiger partial charge on any atom is 0.0408 e. The largest absolute Gasteiger partial charge is 0.314 e. The average molecular weight is 294 g/mol. The lowest BCUT2D eigenvalue weighted by atomic mass is 9.81. The molecule has 0 heterocycles. The van der Waals surface area contributed by atoms with Crippen LogP contribution >= 0.6 is 11.6 Å². The van der Waals surface area contributed by atoms with Crippen molar-refractivity contribution in [3.8, 4) is 0 Å². The minimum Gasteiger partial charge on any atom is -0.314 e. The Morgan fingerprint density at radius 2 is 1.85 bits per heavy atom. The molecule has 1 nitrogen and oxygen atoms in total. The van der Waals surface area contributed by atoms with Gasteiger partial charge in [0.15, 0.2) is 0 Å². The Balaban J connectivity index is 2.14. The minimum atomic E-state index is 0.544. The molecule has 0 spiro atoms. The number of rotatable bonds is 5. The van der Waals surface area contributed by atoms with Gasteiger partial charge < -0.3 is 5.32 Å². The van der Waals surface area contributed by atoms with Crippen molar-refractivity contribution in [1.82, 2.24) is 5.32 Å². The summed E-state index contributed by atoms with van der Waals surface area (Å²) in [5, 5.41) is 4.50. The fourth-order valence-corrected chi connectivity index (χ4v) is 3.57. The molecule has 2 rings (SSSR count). The van der Waals surface area contributed by atoms with Crippen molar-refractivity contribution in [2.45, 2.75) is 64.3 Å². The summed E-state index contributed by atoms with van der Waals surface area (Å²) >= 11 is 6.20. The summed E-state index contributed by atoms with van der Waals surface area (Å²) in [7, 11) is 0. The fourth-order valence-electron chi connectivity index (χ4n) is 3.37. The smallest absolute Gasteiger partial charge is 0.0408 e. The van der Waals surface area contributed by atoms with E-state index in [-0.39, 0.29) is 0 Å². The van der Waals surface area contributed by atoms with E-state index in [0.29, 0.717) is 12.0 Å². The molecule has 1 saturated carbocycles. The van der Waals surface area contributed by atoms with Gasteiger partial charge >= 0.3 is 0 Å². The maximum absolute atomic E-state index is 6.20. The van der Waals surface area contributed by atoms with Crippen molar-refractivity contribution in [1.29, 1.82) is 0 Å². The van der Waals surface area contributed by atoms with E-state index in [1.807, 2.05) is 6.07 Å². The van der Waals surface area contributed by atoms with E-state index in [2.05, 4.69) is 37.4 Å². The lowest BCUT2D eigenvalue weighted by Gasteiger charge is -2.28. The van der Waals surface area contributed by atoms with Gasteiger partial charge in [-0.2, -0.15) is 0 Å². The third-order valence-corrected chi connectivity index (χ3v) is 4.73. The van der Waals surface area contributed by atoms with Crippen molar-refractivity contribution in [3.63, 3.8) is 0 Å². The van der Waals surface area contributed by atoms with Gasteiger partial charge in [0.25, 0.3) is 0 Å². The molecule has 0 saturated heterocycles. The van der Waals surface area contributed by atoms with E-state index in [4.69, 9.17) is 11.6 Å². The van der Waals surface area contributed by atoms with Crippen LogP contribution in [0.5, 0.6) is 0 Å². The Morgan fingerprint density at radius 3 is 2.45 bits per heavy atom. The summed E-state index contributed by atoms with van der Waals surface area (Å²) in [6.07, 6.45) is 8.35. The van der Waals surface area contributed by atoms with Crippen LogP contribution in [0.15, 0.2) is 24.3 Å². The zero-order valence-electron chi connectivity index (χ0n) is 12.9. The zero-order valence-corrected chi connectivity index (χ0v) is 13.6. The van der Waals surface area contributed by atoms with E-state index >= 15 is 0 Å². The molecule has 1 aromatic carbocycles. The first kappa shape index (κ1) is 15.9. The highest BCUT2D eigenvalue weighted by Gasteiger charge is 2.24. The molecule has 0 aromatic heterocycles. The molecule has 1 fully saturated rings. The zero-order chi connectivity index (χ0) is 14.4. The highest BCUT2D eigenvalue weighted by atomic mass is 35.5. The summed E-state index contributed by atoms with van der Waals surface area (Å²) in [5.74, 6) is 1.41. The molecule has 1 atom stereocenters. The number of hydrogen-bond acceptors (Lipinski definition) is 1. The van der Waals surface area contributed by atoms with Crippen LogP contribution < -0.4 is 5.32 Å². The second kappa shape index (κ2) is 8.05. The minimum absolute atomic E-state index is 0.544. The van der Waals surface area contributed by atoms with Gasteiger partial charge in [0.05, 0.1) is 0 Å². The third-order valence-electron chi connectivity index (χ3n) is 4.49. The SMILES string of the molecule is CC(C)NCC(c1cccc(Cl)c1)C1CCCCCC1. The molecule has 1 aromatic rings. The van der Waals surface area contributed by atoms with E-state index in [9.17, 15) is 0 Å². The predicted molar refractivity (Wildman–Crippen MR) is 88.5 cm³/mol. The van der Waals surface area contributed by atoms with Gasteiger partial charge in [0, 0.05) is 17.6 Å². The molecule has 2 heteroatoms. The quantitative estimate of drug-likeness (QED) is 0.718. The van der Waals surface area contributed by atoms with Crippen LogP contribution in [0.4, 0.5) is 0 Å². The van der Waals surface area contributed by atoms with Crippen LogP contribution in [-0.2, 0) is 0 Å². The van der Waals surface area contributed by atoms with Crippen LogP contribution in [0.2, 0.25) is 5.02 Å². The van der Waals surface area contributed by atoms with Crippen LogP contribution in [0.1, 0.15) is 63.9 Å². The van der Waals surface area contributed by atoms with Crippen molar-refractivity contribution >= 4 is 11.6 Å². The molecule has 1 unspecified atom stereocenters. The van der Waals surface area contributed by atoms with Gasteiger partial charge in [-0.05, 0) is 42.4 Å². The predicted octanol–water partition coefficient (Wildman–Crippen LogP) is 5.39. The molecule has 1 aliphatic carbocycles. The lowest BCUT2D eigenvalue weighted by molar-refractivity contribution is 0.353. The van der Waals surface area contributed by atoms with Crippen molar-refractivity contribution in [2.24, 2.45) is 5.92 Å². The van der Waals surface area contributed by atoms with E-state index in [1.54, 1.807) is 0 Å². The van der Waals surface area contributed by atoms with Crippen LogP contribution in [0.3, 0.4) is 0 Å². The summed E-state index contributed by atoms with van der Waals surface area (Å²) < 4.78 is 0. The highest BCUT2D eigenvalue weighted by Crippen LogP contribution is 2.35. The molecule has 112 valence electrons. The topological polar surface area (TPSA) is 12.0 Å². The number of benzene rings is 1. The van der Waals surface area contributed by atoms with Gasteiger partial charge in [-0.25, -0.2) is 0 Å². The number of halogens is 1. The molecule has 1 aliphatic rings. The van der Waals surface area contributed by atoms with E-state index in [0.717, 1.165) is 17.5 Å². The first-order valence-electron chi connectivity index (χ1n) is 8.15. The first-order chi connectivity index (χ1) is 9.66. The van der Waals surface area contributed by atoms with Crippen molar-refractivity contribution in [3.05, 3.63) is 34.9 Å². The second-order valence-electron chi connectivity index (χ2n) is 6.48. The molecule has 0 bridgehead atoms. The molecular formula is C18H28ClN. The van der Waals surface area contributed by atoms with Crippen LogP contribution in [0.25, 0.3) is 0 Å². The fraction of sp³-hybridized carbons (Fsp3) is 0.667. The Morgan fingerprint density at radius 1 is 1.15 bits per heavy atom. The van der Waals surface area contributed by atoms with E-state index in [1.165, 1.54) is 44.1 Å². The normalized spacial score (nSPS) is 19.0. The third kappa shape index (κ3) is 4.79. The first-order valence-corrected chi connectivity index (χ1v) is 8.53. The standard InChI is InChI=1S/C18H28ClN/c1-14(2)20-13-18(15-8-5-3-4-6-9-15)16-10-7-11-17(19)12-16/h7,10-12,14-15,18,20H,3-6,8-9,13H2,1-2H3. The van der Waals surface area contributed by atoms with E-state index < -0.39 is 0 Å². The Kier molecular flexibility index (Phi) is 6.38. The summed E-state index contributed by atoms with van der Waals surface area (Å²) in [4.78, 5) is 0. The maximum atomic E-state index is 6.20. The monoisotopic (exact) mass is 293 g/mol. The van der Waals surface area contributed by atoms with Gasteiger partial charge in [0.2, 0.25) is 0 Å². The van der Waals surface area contributed by atoms with Gasteiger partial charge in [-0.3, -0.25) is 0 Å². The molecule has 1 N–H and O–H groups in total. The van der Waals surface area contributed by atoms with Crippen molar-refractivity contribution in [2.75, 3.05) is 6.54 Å². The van der Waals surface area contributed by atoms with Gasteiger partial charge in [-0.15, -0.1) is 0 Å². The Bertz CT molecular complexity index is 394. The van der Waals surface area contributed by atoms with Crippen LogP contribution in [-0.4, -0.2) is 12.6 Å². The second-order valence-corrected chi connectivity index (χ2v) is 6.91. The number of hydrogen-bond donors (Lipinski definition) is 1. The van der Waals surface area contributed by atoms with Crippen LogP contribution in [0, 0.1) is 5.92 Å². The molecule has 0 amide bonds. The molecule has 20 heavy (non-hydrogen) atoms. The molecule has 0 radical (unpaired) electrons. The van der Waals surface area contributed by atoms with Crippen molar-refractivity contribution < 1.29 is 0 Å². The van der Waals surface area contributed by atoms with Gasteiger partial charge in [0.1, 0.15) is 0 Å². The Hall–Kier alpha value is -0.530. The summed E-state index contributed by atoms with van der Waals surface area (Å²) in [5.41, 5.74) is 1.41. The molecular weight excluding hydrogens is 266 g/mol. The molecule has 0 aliphatic heterocycles. The number of nitrogens with one attached hydrogen (secondary N) is 1. The average Bonchev–Trinajstić information content (AvgIpc) is 2.68. The lowest BCUT2D eigenvalue weighted by Crippen LogP contribution is -2.31. The summed E-state index contributed by atoms with van der Waals surface area (Å²) in [6, 6.07) is 9.03. The van der Waals surface area contributed by atoms with Gasteiger partial charge in [-0.1, -0.05) is 63.3 Å². The highest BCUT2D eigenvalue weighted by molar-refractivity contribution is 6.30. The Labute approximate surface area is 129 Å².